The second kappa shape index (κ2) is 5.24. The second-order valence-electron chi connectivity index (χ2n) is 4.17. The largest absolute Gasteiger partial charge is 0.451 e. The number of aryl methyl sites for hydroxylation is 1. The van der Waals surface area contributed by atoms with Gasteiger partial charge in [-0.3, -0.25) is 0 Å². The van der Waals surface area contributed by atoms with Gasteiger partial charge in [0.25, 0.3) is 0 Å². The van der Waals surface area contributed by atoms with Gasteiger partial charge in [0.15, 0.2) is 17.4 Å². The molecule has 0 aliphatic carbocycles. The molecule has 2 aromatic rings. The Hall–Kier alpha value is -2.14. The molecule has 100 valence electrons. The Kier molecular flexibility index (Phi) is 3.66. The van der Waals surface area contributed by atoms with Gasteiger partial charge in [0.1, 0.15) is 5.75 Å². The lowest BCUT2D eigenvalue weighted by molar-refractivity contribution is 0.404. The van der Waals surface area contributed by atoms with Crippen LogP contribution in [0.4, 0.5) is 14.5 Å². The molecule has 2 rings (SSSR count). The average molecular weight is 264 g/mol. The minimum absolute atomic E-state index is 0.0246. The molecule has 0 fully saturated rings. The van der Waals surface area contributed by atoms with Crippen molar-refractivity contribution in [1.82, 2.24) is 0 Å². The van der Waals surface area contributed by atoms with Crippen LogP contribution in [-0.4, -0.2) is 0 Å². The van der Waals surface area contributed by atoms with Crippen LogP contribution in [0.25, 0.3) is 0 Å². The lowest BCUT2D eigenvalue weighted by Crippen LogP contribution is -2.03. The fraction of sp³-hybridized carbons (Fsp3) is 0.143. The van der Waals surface area contributed by atoms with Crippen molar-refractivity contribution in [3.05, 3.63) is 53.1 Å². The fourth-order valence-corrected chi connectivity index (χ4v) is 1.65. The van der Waals surface area contributed by atoms with Gasteiger partial charge in [-0.1, -0.05) is 6.07 Å². The first kappa shape index (κ1) is 13.3. The monoisotopic (exact) mass is 264 g/mol. The lowest BCUT2D eigenvalue weighted by atomic mass is 10.2. The Morgan fingerprint density at radius 1 is 1.16 bits per heavy atom. The minimum Gasteiger partial charge on any atom is -0.451 e. The Labute approximate surface area is 109 Å². The molecule has 0 aliphatic rings. The smallest absolute Gasteiger partial charge is 0.198 e. The van der Waals surface area contributed by atoms with Gasteiger partial charge in [-0.25, -0.2) is 8.78 Å². The van der Waals surface area contributed by atoms with Gasteiger partial charge in [0.2, 0.25) is 0 Å². The number of nitrogens with two attached hydrogens (primary N) is 2. The maximum atomic E-state index is 13.9. The molecule has 0 saturated carbocycles. The van der Waals surface area contributed by atoms with E-state index in [9.17, 15) is 8.78 Å². The Morgan fingerprint density at radius 2 is 1.89 bits per heavy atom. The van der Waals surface area contributed by atoms with Gasteiger partial charge in [-0.15, -0.1) is 0 Å². The molecule has 0 unspecified atom stereocenters. The summed E-state index contributed by atoms with van der Waals surface area (Å²) in [7, 11) is 0. The first-order valence-electron chi connectivity index (χ1n) is 5.74. The van der Waals surface area contributed by atoms with Gasteiger partial charge in [0, 0.05) is 17.8 Å². The number of halogens is 2. The molecule has 0 saturated heterocycles. The zero-order valence-corrected chi connectivity index (χ0v) is 10.4. The number of hydrogen-bond acceptors (Lipinski definition) is 3. The standard InChI is InChI=1S/C14H14F2N2O/c1-8-6-10(3-5-12(8)18)19-14-11(15)4-2-9(7-17)13(14)16/h2-6H,7,17-18H2,1H3. The van der Waals surface area contributed by atoms with Crippen molar-refractivity contribution in [2.45, 2.75) is 13.5 Å². The number of ether oxygens (including phenoxy) is 1. The highest BCUT2D eigenvalue weighted by Crippen LogP contribution is 2.30. The first-order valence-corrected chi connectivity index (χ1v) is 5.74. The number of anilines is 1. The summed E-state index contributed by atoms with van der Waals surface area (Å²) < 4.78 is 32.8. The van der Waals surface area contributed by atoms with Crippen LogP contribution in [0.5, 0.6) is 11.5 Å². The van der Waals surface area contributed by atoms with Crippen molar-refractivity contribution in [1.29, 1.82) is 0 Å². The molecule has 19 heavy (non-hydrogen) atoms. The zero-order chi connectivity index (χ0) is 14.0. The molecule has 0 atom stereocenters. The summed E-state index contributed by atoms with van der Waals surface area (Å²) in [5.41, 5.74) is 12.6. The predicted octanol–water partition coefficient (Wildman–Crippen LogP) is 3.11. The van der Waals surface area contributed by atoms with Gasteiger partial charge in [-0.05, 0) is 36.8 Å². The molecule has 0 radical (unpaired) electrons. The van der Waals surface area contributed by atoms with E-state index in [1.54, 1.807) is 25.1 Å². The van der Waals surface area contributed by atoms with Crippen LogP contribution in [0.1, 0.15) is 11.1 Å². The number of nitrogen functional groups attached to an aromatic ring is 1. The van der Waals surface area contributed by atoms with Crippen LogP contribution in [-0.2, 0) is 6.54 Å². The van der Waals surface area contributed by atoms with Crippen molar-refractivity contribution in [3.63, 3.8) is 0 Å². The van der Waals surface area contributed by atoms with Crippen LogP contribution in [0.3, 0.4) is 0 Å². The molecule has 0 amide bonds. The number of benzene rings is 2. The van der Waals surface area contributed by atoms with E-state index >= 15 is 0 Å². The summed E-state index contributed by atoms with van der Waals surface area (Å²) in [5.74, 6) is -1.69. The maximum Gasteiger partial charge on any atom is 0.198 e. The highest BCUT2D eigenvalue weighted by molar-refractivity contribution is 5.50. The molecule has 0 spiro atoms. The molecule has 0 bridgehead atoms. The van der Waals surface area contributed by atoms with E-state index in [-0.39, 0.29) is 12.1 Å². The number of rotatable bonds is 3. The second-order valence-corrected chi connectivity index (χ2v) is 4.17. The van der Waals surface area contributed by atoms with Gasteiger partial charge in [-0.2, -0.15) is 0 Å². The third-order valence-electron chi connectivity index (χ3n) is 2.81. The van der Waals surface area contributed by atoms with Gasteiger partial charge < -0.3 is 16.2 Å². The van der Waals surface area contributed by atoms with E-state index < -0.39 is 17.4 Å². The van der Waals surface area contributed by atoms with E-state index in [0.717, 1.165) is 11.6 Å². The maximum absolute atomic E-state index is 13.9. The fourth-order valence-electron chi connectivity index (χ4n) is 1.65. The van der Waals surface area contributed by atoms with E-state index in [1.807, 2.05) is 0 Å². The highest BCUT2D eigenvalue weighted by atomic mass is 19.1. The van der Waals surface area contributed by atoms with Crippen molar-refractivity contribution < 1.29 is 13.5 Å². The van der Waals surface area contributed by atoms with Crippen LogP contribution in [0, 0.1) is 18.6 Å². The van der Waals surface area contributed by atoms with Crippen molar-refractivity contribution in [3.8, 4) is 11.5 Å². The van der Waals surface area contributed by atoms with Crippen LogP contribution in [0.15, 0.2) is 30.3 Å². The average Bonchev–Trinajstić information content (AvgIpc) is 2.39. The zero-order valence-electron chi connectivity index (χ0n) is 10.4. The predicted molar refractivity (Wildman–Crippen MR) is 69.9 cm³/mol. The molecule has 4 N–H and O–H groups in total. The quantitative estimate of drug-likeness (QED) is 0.837. The molecular formula is C14H14F2N2O. The summed E-state index contributed by atoms with van der Waals surface area (Å²) in [6, 6.07) is 7.21. The molecule has 0 heterocycles. The Bertz CT molecular complexity index is 615. The van der Waals surface area contributed by atoms with Gasteiger partial charge >= 0.3 is 0 Å². The Balaban J connectivity index is 2.40. The molecule has 3 nitrogen and oxygen atoms in total. The number of hydrogen-bond donors (Lipinski definition) is 2. The summed E-state index contributed by atoms with van der Waals surface area (Å²) >= 11 is 0. The van der Waals surface area contributed by atoms with E-state index in [4.69, 9.17) is 16.2 Å². The summed E-state index contributed by atoms with van der Waals surface area (Å²) in [6.45, 7) is 1.76. The first-order chi connectivity index (χ1) is 9.02. The van der Waals surface area contributed by atoms with Crippen LogP contribution in [0.2, 0.25) is 0 Å². The molecule has 5 heteroatoms. The molecular weight excluding hydrogens is 250 g/mol. The topological polar surface area (TPSA) is 61.3 Å². The Morgan fingerprint density at radius 3 is 2.53 bits per heavy atom. The van der Waals surface area contributed by atoms with Gasteiger partial charge in [0.05, 0.1) is 0 Å². The summed E-state index contributed by atoms with van der Waals surface area (Å²) in [6.07, 6.45) is 0. The van der Waals surface area contributed by atoms with Crippen LogP contribution < -0.4 is 16.2 Å². The molecule has 2 aromatic carbocycles. The van der Waals surface area contributed by atoms with E-state index in [1.165, 1.54) is 6.07 Å². The summed E-state index contributed by atoms with van der Waals surface area (Å²) in [4.78, 5) is 0. The lowest BCUT2D eigenvalue weighted by Gasteiger charge is -2.11. The highest BCUT2D eigenvalue weighted by Gasteiger charge is 2.15. The molecule has 0 aliphatic heterocycles. The van der Waals surface area contributed by atoms with Crippen LogP contribution >= 0.6 is 0 Å². The van der Waals surface area contributed by atoms with E-state index in [2.05, 4.69) is 0 Å². The SMILES string of the molecule is Cc1cc(Oc2c(F)ccc(CN)c2F)ccc1N. The van der Waals surface area contributed by atoms with E-state index in [0.29, 0.717) is 11.4 Å². The van der Waals surface area contributed by atoms with Crippen molar-refractivity contribution in [2.75, 3.05) is 5.73 Å². The molecule has 0 aromatic heterocycles. The minimum atomic E-state index is -0.781. The van der Waals surface area contributed by atoms with Crippen molar-refractivity contribution in [2.24, 2.45) is 5.73 Å². The van der Waals surface area contributed by atoms with Crippen molar-refractivity contribution >= 4 is 5.69 Å². The third kappa shape index (κ3) is 2.66. The normalized spacial score (nSPS) is 10.5. The summed E-state index contributed by atoms with van der Waals surface area (Å²) in [5, 5.41) is 0. The third-order valence-corrected chi connectivity index (χ3v) is 2.81.